The van der Waals surface area contributed by atoms with Crippen LogP contribution in [0.3, 0.4) is 0 Å². The molecule has 0 aliphatic heterocycles. The number of rotatable bonds is 6. The molecule has 1 amide bonds. The van der Waals surface area contributed by atoms with Gasteiger partial charge in [-0.3, -0.25) is 0 Å². The van der Waals surface area contributed by atoms with E-state index < -0.39 is 0 Å². The number of alkyl carbamates (subject to hydrolysis) is 1. The highest BCUT2D eigenvalue weighted by molar-refractivity contribution is 5.67. The fourth-order valence-corrected chi connectivity index (χ4v) is 2.84. The second kappa shape index (κ2) is 7.81. The van der Waals surface area contributed by atoms with Crippen molar-refractivity contribution >= 4 is 11.9 Å². The minimum atomic E-state index is -0.337. The summed E-state index contributed by atoms with van der Waals surface area (Å²) in [6, 6.07) is 15.9. The normalized spacial score (nSPS) is 19.2. The number of ether oxygens (including phenoxy) is 1. The van der Waals surface area contributed by atoms with Crippen molar-refractivity contribution in [1.82, 2.24) is 10.3 Å². The van der Waals surface area contributed by atoms with Gasteiger partial charge in [0.15, 0.2) is 0 Å². The predicted octanol–water partition coefficient (Wildman–Crippen LogP) is 3.51. The summed E-state index contributed by atoms with van der Waals surface area (Å²) in [7, 11) is 0. The van der Waals surface area contributed by atoms with Crippen LogP contribution in [0.1, 0.15) is 24.1 Å². The van der Waals surface area contributed by atoms with Crippen molar-refractivity contribution in [2.45, 2.75) is 32.4 Å². The summed E-state index contributed by atoms with van der Waals surface area (Å²) in [5.74, 6) is 1.47. The lowest BCUT2D eigenvalue weighted by Crippen LogP contribution is -2.46. The van der Waals surface area contributed by atoms with Crippen LogP contribution in [0, 0.1) is 12.8 Å². The first-order valence-electron chi connectivity index (χ1n) is 8.34. The molecule has 5 nitrogen and oxygen atoms in total. The van der Waals surface area contributed by atoms with Gasteiger partial charge in [0.25, 0.3) is 0 Å². The summed E-state index contributed by atoms with van der Waals surface area (Å²) in [5, 5.41) is 6.27. The van der Waals surface area contributed by atoms with Gasteiger partial charge in [0.1, 0.15) is 12.4 Å². The van der Waals surface area contributed by atoms with Gasteiger partial charge in [0, 0.05) is 18.3 Å². The summed E-state index contributed by atoms with van der Waals surface area (Å²) < 4.78 is 5.24. The zero-order valence-corrected chi connectivity index (χ0v) is 13.9. The number of anilines is 1. The number of carbonyl (C=O) groups excluding carboxylic acids is 1. The first-order chi connectivity index (χ1) is 11.7. The molecule has 5 heteroatoms. The van der Waals surface area contributed by atoms with Gasteiger partial charge in [-0.1, -0.05) is 36.4 Å². The third kappa shape index (κ3) is 4.72. The molecule has 2 N–H and O–H groups in total. The standard InChI is InChI=1S/C19H23N3O2/c1-14-6-5-9-18(21-14)20-12-16-10-17(11-16)22-19(23)24-13-15-7-3-2-4-8-15/h2-9,16-17H,10-13H2,1H3,(H,20,21)(H,22,23). The minimum Gasteiger partial charge on any atom is -0.445 e. The van der Waals surface area contributed by atoms with Crippen LogP contribution in [0.5, 0.6) is 0 Å². The van der Waals surface area contributed by atoms with Crippen molar-refractivity contribution in [2.75, 3.05) is 11.9 Å². The molecule has 3 rings (SSSR count). The highest BCUT2D eigenvalue weighted by Gasteiger charge is 2.30. The van der Waals surface area contributed by atoms with Gasteiger partial charge in [0.2, 0.25) is 0 Å². The molecule has 1 aromatic heterocycles. The lowest BCUT2D eigenvalue weighted by atomic mass is 9.80. The number of hydrogen-bond donors (Lipinski definition) is 2. The zero-order chi connectivity index (χ0) is 16.8. The maximum atomic E-state index is 11.8. The summed E-state index contributed by atoms with van der Waals surface area (Å²) in [6.45, 7) is 3.17. The average molecular weight is 325 g/mol. The number of nitrogens with one attached hydrogen (secondary N) is 2. The molecule has 1 fully saturated rings. The molecule has 0 bridgehead atoms. The van der Waals surface area contributed by atoms with Crippen molar-refractivity contribution in [1.29, 1.82) is 0 Å². The van der Waals surface area contributed by atoms with E-state index in [1.54, 1.807) is 0 Å². The Hall–Kier alpha value is -2.56. The van der Waals surface area contributed by atoms with Crippen LogP contribution in [0.15, 0.2) is 48.5 Å². The molecule has 0 radical (unpaired) electrons. The van der Waals surface area contributed by atoms with E-state index in [9.17, 15) is 4.79 Å². The molecule has 0 spiro atoms. The van der Waals surface area contributed by atoms with E-state index in [1.165, 1.54) is 0 Å². The van der Waals surface area contributed by atoms with Crippen LogP contribution in [0.25, 0.3) is 0 Å². The predicted molar refractivity (Wildman–Crippen MR) is 93.7 cm³/mol. The van der Waals surface area contributed by atoms with E-state index >= 15 is 0 Å². The van der Waals surface area contributed by atoms with Crippen molar-refractivity contribution in [2.24, 2.45) is 5.92 Å². The number of aryl methyl sites for hydroxylation is 1. The number of amides is 1. The number of benzene rings is 1. The largest absolute Gasteiger partial charge is 0.445 e. The van der Waals surface area contributed by atoms with Crippen LogP contribution < -0.4 is 10.6 Å². The summed E-state index contributed by atoms with van der Waals surface area (Å²) >= 11 is 0. The Morgan fingerprint density at radius 2 is 1.96 bits per heavy atom. The molecule has 24 heavy (non-hydrogen) atoms. The summed E-state index contributed by atoms with van der Waals surface area (Å²) in [5.41, 5.74) is 2.00. The van der Waals surface area contributed by atoms with Crippen molar-refractivity contribution < 1.29 is 9.53 Å². The van der Waals surface area contributed by atoms with Crippen LogP contribution >= 0.6 is 0 Å². The second-order valence-corrected chi connectivity index (χ2v) is 6.29. The zero-order valence-electron chi connectivity index (χ0n) is 13.9. The van der Waals surface area contributed by atoms with Gasteiger partial charge in [-0.15, -0.1) is 0 Å². The lowest BCUT2D eigenvalue weighted by Gasteiger charge is -2.35. The number of nitrogens with zero attached hydrogens (tertiary/aromatic N) is 1. The molecule has 1 aromatic carbocycles. The van der Waals surface area contributed by atoms with Gasteiger partial charge >= 0.3 is 6.09 Å². The number of hydrogen-bond acceptors (Lipinski definition) is 4. The maximum Gasteiger partial charge on any atom is 0.407 e. The molecule has 0 unspecified atom stereocenters. The monoisotopic (exact) mass is 325 g/mol. The summed E-state index contributed by atoms with van der Waals surface area (Å²) in [4.78, 5) is 16.2. The fourth-order valence-electron chi connectivity index (χ4n) is 2.84. The Bertz CT molecular complexity index is 669. The molecule has 0 atom stereocenters. The Morgan fingerprint density at radius 3 is 2.71 bits per heavy atom. The van der Waals surface area contributed by atoms with Crippen LogP contribution in [0.2, 0.25) is 0 Å². The Morgan fingerprint density at radius 1 is 1.17 bits per heavy atom. The Labute approximate surface area is 142 Å². The van der Waals surface area contributed by atoms with Crippen molar-refractivity contribution in [3.63, 3.8) is 0 Å². The molecule has 1 aliphatic carbocycles. The van der Waals surface area contributed by atoms with E-state index in [0.29, 0.717) is 12.5 Å². The van der Waals surface area contributed by atoms with Crippen LogP contribution in [-0.2, 0) is 11.3 Å². The fraction of sp³-hybridized carbons (Fsp3) is 0.368. The third-order valence-electron chi connectivity index (χ3n) is 4.23. The molecule has 2 aromatic rings. The Kier molecular flexibility index (Phi) is 5.31. The van der Waals surface area contributed by atoms with Gasteiger partial charge in [-0.25, -0.2) is 9.78 Å². The lowest BCUT2D eigenvalue weighted by molar-refractivity contribution is 0.123. The average Bonchev–Trinajstić information content (AvgIpc) is 2.56. The smallest absolute Gasteiger partial charge is 0.407 e. The number of carbonyl (C=O) groups is 1. The molecule has 1 saturated carbocycles. The maximum absolute atomic E-state index is 11.8. The SMILES string of the molecule is Cc1cccc(NCC2CC(NC(=O)OCc3ccccc3)C2)n1. The van der Waals surface area contributed by atoms with E-state index in [0.717, 1.165) is 36.5 Å². The highest BCUT2D eigenvalue weighted by atomic mass is 16.5. The number of pyridine rings is 1. The van der Waals surface area contributed by atoms with Gasteiger partial charge in [0.05, 0.1) is 0 Å². The highest BCUT2D eigenvalue weighted by Crippen LogP contribution is 2.27. The first kappa shape index (κ1) is 16.3. The molecular weight excluding hydrogens is 302 g/mol. The number of aromatic nitrogens is 1. The molecule has 1 aliphatic rings. The van der Waals surface area contributed by atoms with Gasteiger partial charge in [-0.2, -0.15) is 0 Å². The summed E-state index contributed by atoms with van der Waals surface area (Å²) in [6.07, 6.45) is 1.61. The first-order valence-corrected chi connectivity index (χ1v) is 8.34. The van der Waals surface area contributed by atoms with Crippen molar-refractivity contribution in [3.05, 3.63) is 59.8 Å². The quantitative estimate of drug-likeness (QED) is 0.853. The minimum absolute atomic E-state index is 0.213. The van der Waals surface area contributed by atoms with Crippen LogP contribution in [-0.4, -0.2) is 23.7 Å². The van der Waals surface area contributed by atoms with Gasteiger partial charge in [-0.05, 0) is 43.4 Å². The molecular formula is C19H23N3O2. The molecule has 0 saturated heterocycles. The van der Waals surface area contributed by atoms with Crippen LogP contribution in [0.4, 0.5) is 10.6 Å². The molecule has 126 valence electrons. The van der Waals surface area contributed by atoms with Gasteiger partial charge < -0.3 is 15.4 Å². The molecule has 1 heterocycles. The Balaban J connectivity index is 1.31. The van der Waals surface area contributed by atoms with E-state index in [2.05, 4.69) is 15.6 Å². The van der Waals surface area contributed by atoms with E-state index in [1.807, 2.05) is 55.5 Å². The van der Waals surface area contributed by atoms with Crippen molar-refractivity contribution in [3.8, 4) is 0 Å². The van der Waals surface area contributed by atoms with E-state index in [-0.39, 0.29) is 12.1 Å². The second-order valence-electron chi connectivity index (χ2n) is 6.29. The third-order valence-corrected chi connectivity index (χ3v) is 4.23. The van der Waals surface area contributed by atoms with E-state index in [4.69, 9.17) is 4.74 Å². The topological polar surface area (TPSA) is 63.2 Å².